The number of pyridine rings is 1. The van der Waals surface area contributed by atoms with E-state index in [0.717, 1.165) is 30.5 Å². The maximum Gasteiger partial charge on any atom is 0.394 e. The van der Waals surface area contributed by atoms with E-state index in [9.17, 15) is 13.2 Å². The third-order valence-electron chi connectivity index (χ3n) is 3.27. The Hall–Kier alpha value is -1.06. The summed E-state index contributed by atoms with van der Waals surface area (Å²) in [4.78, 5) is 4.18. The molecule has 0 spiro atoms. The molecule has 1 aliphatic carbocycles. The molecular formula is C12H14F3N. The molecule has 1 nitrogen and oxygen atoms in total. The van der Waals surface area contributed by atoms with Crippen LogP contribution in [0.5, 0.6) is 0 Å². The molecule has 0 aliphatic heterocycles. The van der Waals surface area contributed by atoms with Crippen molar-refractivity contribution in [2.45, 2.75) is 45.7 Å². The molecule has 2 rings (SSSR count). The lowest BCUT2D eigenvalue weighted by molar-refractivity contribution is -0.127. The predicted octanol–water partition coefficient (Wildman–Crippen LogP) is 3.29. The average Bonchev–Trinajstić information content (AvgIpc) is 2.59. The number of alkyl halides is 3. The van der Waals surface area contributed by atoms with Crippen LogP contribution in [0.25, 0.3) is 0 Å². The number of aromatic nitrogens is 1. The molecule has 88 valence electrons. The number of aryl methyl sites for hydroxylation is 1. The Kier molecular flexibility index (Phi) is 2.68. The molecule has 0 saturated carbocycles. The van der Waals surface area contributed by atoms with Crippen molar-refractivity contribution in [2.24, 2.45) is 0 Å². The van der Waals surface area contributed by atoms with Gasteiger partial charge in [0.15, 0.2) is 0 Å². The van der Waals surface area contributed by atoms with Crippen LogP contribution < -0.4 is 0 Å². The number of hydrogen-bond donors (Lipinski definition) is 0. The van der Waals surface area contributed by atoms with Crippen molar-refractivity contribution >= 4 is 0 Å². The van der Waals surface area contributed by atoms with E-state index < -0.39 is 12.6 Å². The highest BCUT2D eigenvalue weighted by atomic mass is 19.4. The van der Waals surface area contributed by atoms with E-state index >= 15 is 0 Å². The van der Waals surface area contributed by atoms with E-state index in [1.54, 1.807) is 6.92 Å². The fraction of sp³-hybridized carbons (Fsp3) is 0.583. The van der Waals surface area contributed by atoms with Gasteiger partial charge in [-0.25, -0.2) is 0 Å². The molecule has 0 radical (unpaired) electrons. The summed E-state index contributed by atoms with van der Waals surface area (Å²) < 4.78 is 37.1. The van der Waals surface area contributed by atoms with Crippen molar-refractivity contribution in [3.05, 3.63) is 28.1 Å². The molecule has 0 aromatic carbocycles. The SMILES string of the molecule is Cc1c(CC(F)(F)F)nc2c(c1C)CCC2. The highest BCUT2D eigenvalue weighted by Crippen LogP contribution is 2.30. The van der Waals surface area contributed by atoms with E-state index in [0.29, 0.717) is 5.56 Å². The van der Waals surface area contributed by atoms with Gasteiger partial charge in [0.25, 0.3) is 0 Å². The minimum absolute atomic E-state index is 0.200. The standard InChI is InChI=1S/C12H14F3N/c1-7-8(2)11(6-12(13,14)15)16-10-5-3-4-9(7)10/h3-6H2,1-2H3. The maximum atomic E-state index is 12.4. The lowest BCUT2D eigenvalue weighted by atomic mass is 10.00. The van der Waals surface area contributed by atoms with Crippen LogP contribution in [0, 0.1) is 13.8 Å². The summed E-state index contributed by atoms with van der Waals surface area (Å²) in [6, 6.07) is 0. The number of nitrogens with zero attached hydrogens (tertiary/aromatic N) is 1. The van der Waals surface area contributed by atoms with E-state index in [-0.39, 0.29) is 5.69 Å². The molecule has 1 heterocycles. The van der Waals surface area contributed by atoms with Crippen molar-refractivity contribution in [3.63, 3.8) is 0 Å². The Morgan fingerprint density at radius 2 is 1.81 bits per heavy atom. The van der Waals surface area contributed by atoms with Crippen LogP contribution in [0.2, 0.25) is 0 Å². The lowest BCUT2D eigenvalue weighted by Gasteiger charge is -2.14. The van der Waals surface area contributed by atoms with E-state index in [1.165, 1.54) is 5.56 Å². The van der Waals surface area contributed by atoms with Crippen molar-refractivity contribution < 1.29 is 13.2 Å². The molecule has 16 heavy (non-hydrogen) atoms. The molecule has 0 bridgehead atoms. The molecule has 1 aromatic heterocycles. The minimum Gasteiger partial charge on any atom is -0.257 e. The normalized spacial score (nSPS) is 15.3. The van der Waals surface area contributed by atoms with Gasteiger partial charge in [0.05, 0.1) is 12.1 Å². The summed E-state index contributed by atoms with van der Waals surface area (Å²) in [5.41, 5.74) is 3.95. The molecule has 4 heteroatoms. The summed E-state index contributed by atoms with van der Waals surface area (Å²) in [7, 11) is 0. The molecule has 0 N–H and O–H groups in total. The molecule has 0 amide bonds. The summed E-state index contributed by atoms with van der Waals surface area (Å²) in [5, 5.41) is 0. The third kappa shape index (κ3) is 2.06. The molecular weight excluding hydrogens is 215 g/mol. The number of fused-ring (bicyclic) bond motifs is 1. The fourth-order valence-electron chi connectivity index (χ4n) is 2.31. The first-order valence-corrected chi connectivity index (χ1v) is 5.43. The zero-order valence-electron chi connectivity index (χ0n) is 9.41. The van der Waals surface area contributed by atoms with Gasteiger partial charge < -0.3 is 0 Å². The Labute approximate surface area is 92.7 Å². The first kappa shape index (κ1) is 11.4. The smallest absolute Gasteiger partial charge is 0.257 e. The first-order valence-electron chi connectivity index (χ1n) is 5.43. The molecule has 0 atom stereocenters. The van der Waals surface area contributed by atoms with Gasteiger partial charge in [0.2, 0.25) is 0 Å². The van der Waals surface area contributed by atoms with Crippen LogP contribution in [0.15, 0.2) is 0 Å². The highest BCUT2D eigenvalue weighted by Gasteiger charge is 2.30. The second-order valence-corrected chi connectivity index (χ2v) is 4.38. The Balaban J connectivity index is 2.44. The summed E-state index contributed by atoms with van der Waals surface area (Å²) in [5.74, 6) is 0. The van der Waals surface area contributed by atoms with E-state index in [2.05, 4.69) is 4.98 Å². The van der Waals surface area contributed by atoms with Gasteiger partial charge in [0, 0.05) is 5.69 Å². The van der Waals surface area contributed by atoms with Gasteiger partial charge in [0.1, 0.15) is 0 Å². The average molecular weight is 229 g/mol. The molecule has 0 unspecified atom stereocenters. The van der Waals surface area contributed by atoms with Crippen LogP contribution in [0.1, 0.15) is 34.5 Å². The second-order valence-electron chi connectivity index (χ2n) is 4.38. The quantitative estimate of drug-likeness (QED) is 0.720. The monoisotopic (exact) mass is 229 g/mol. The predicted molar refractivity (Wildman–Crippen MR) is 55.5 cm³/mol. The highest BCUT2D eigenvalue weighted by molar-refractivity contribution is 5.41. The fourth-order valence-corrected chi connectivity index (χ4v) is 2.31. The van der Waals surface area contributed by atoms with Gasteiger partial charge in [-0.2, -0.15) is 13.2 Å². The van der Waals surface area contributed by atoms with Crippen LogP contribution >= 0.6 is 0 Å². The molecule has 1 aromatic rings. The van der Waals surface area contributed by atoms with Gasteiger partial charge in [-0.1, -0.05) is 0 Å². The van der Waals surface area contributed by atoms with Crippen LogP contribution in [0.4, 0.5) is 13.2 Å². The Morgan fingerprint density at radius 3 is 2.44 bits per heavy atom. The van der Waals surface area contributed by atoms with Crippen molar-refractivity contribution in [3.8, 4) is 0 Å². The third-order valence-corrected chi connectivity index (χ3v) is 3.27. The zero-order valence-corrected chi connectivity index (χ0v) is 9.41. The van der Waals surface area contributed by atoms with Crippen LogP contribution in [0.3, 0.4) is 0 Å². The van der Waals surface area contributed by atoms with Crippen LogP contribution in [-0.2, 0) is 19.3 Å². The van der Waals surface area contributed by atoms with Crippen molar-refractivity contribution in [2.75, 3.05) is 0 Å². The summed E-state index contributed by atoms with van der Waals surface area (Å²) in [6.45, 7) is 3.64. The zero-order chi connectivity index (χ0) is 11.9. The molecule has 0 fully saturated rings. The number of halogens is 3. The van der Waals surface area contributed by atoms with Gasteiger partial charge in [-0.3, -0.25) is 4.98 Å². The molecule has 1 aliphatic rings. The van der Waals surface area contributed by atoms with E-state index in [4.69, 9.17) is 0 Å². The Morgan fingerprint density at radius 1 is 1.12 bits per heavy atom. The topological polar surface area (TPSA) is 12.9 Å². The Bertz CT molecular complexity index is 421. The lowest BCUT2D eigenvalue weighted by Crippen LogP contribution is -2.15. The second kappa shape index (κ2) is 3.75. The number of hydrogen-bond acceptors (Lipinski definition) is 1. The van der Waals surface area contributed by atoms with Crippen molar-refractivity contribution in [1.82, 2.24) is 4.98 Å². The van der Waals surface area contributed by atoms with Gasteiger partial charge in [-0.05, 0) is 49.8 Å². The number of rotatable bonds is 1. The maximum absolute atomic E-state index is 12.4. The van der Waals surface area contributed by atoms with Crippen LogP contribution in [-0.4, -0.2) is 11.2 Å². The minimum atomic E-state index is -4.17. The first-order chi connectivity index (χ1) is 7.38. The van der Waals surface area contributed by atoms with Gasteiger partial charge in [-0.15, -0.1) is 0 Å². The largest absolute Gasteiger partial charge is 0.394 e. The van der Waals surface area contributed by atoms with Crippen molar-refractivity contribution in [1.29, 1.82) is 0 Å². The van der Waals surface area contributed by atoms with Gasteiger partial charge >= 0.3 is 6.18 Å². The summed E-state index contributed by atoms with van der Waals surface area (Å²) >= 11 is 0. The van der Waals surface area contributed by atoms with E-state index in [1.807, 2.05) is 6.92 Å². The molecule has 0 saturated heterocycles. The summed E-state index contributed by atoms with van der Waals surface area (Å²) in [6.07, 6.45) is -2.29.